The van der Waals surface area contributed by atoms with Gasteiger partial charge in [-0.15, -0.1) is 0 Å². The third-order valence-corrected chi connectivity index (χ3v) is 5.56. The van der Waals surface area contributed by atoms with E-state index in [0.717, 1.165) is 11.1 Å². The van der Waals surface area contributed by atoms with Crippen LogP contribution in [0.15, 0.2) is 53.4 Å². The number of rotatable bonds is 5. The Balaban J connectivity index is 2.12. The van der Waals surface area contributed by atoms with Crippen LogP contribution in [0.25, 0.3) is 0 Å². The number of benzene rings is 2. The zero-order valence-corrected chi connectivity index (χ0v) is 15.4. The minimum absolute atomic E-state index is 0.0530. The van der Waals surface area contributed by atoms with Crippen molar-refractivity contribution in [2.45, 2.75) is 24.3 Å². The van der Waals surface area contributed by atoms with E-state index in [1.807, 2.05) is 25.1 Å². The molecule has 24 heavy (non-hydrogen) atoms. The SMILES string of the molecule is CC(c1ccc(S(C)(=O)=O)cc1)N(C)C(=O)Cc1ccccc1Cl. The van der Waals surface area contributed by atoms with Gasteiger partial charge in [0.1, 0.15) is 0 Å². The maximum Gasteiger partial charge on any atom is 0.227 e. The van der Waals surface area contributed by atoms with Gasteiger partial charge in [-0.1, -0.05) is 41.9 Å². The van der Waals surface area contributed by atoms with Crippen LogP contribution < -0.4 is 0 Å². The number of sulfone groups is 1. The molecule has 0 N–H and O–H groups in total. The molecule has 2 rings (SSSR count). The molecule has 128 valence electrons. The molecule has 0 aromatic heterocycles. The van der Waals surface area contributed by atoms with Crippen LogP contribution in [0.5, 0.6) is 0 Å². The molecule has 1 unspecified atom stereocenters. The molecular formula is C18H20ClNO3S. The Bertz CT molecular complexity index is 832. The van der Waals surface area contributed by atoms with E-state index >= 15 is 0 Å². The monoisotopic (exact) mass is 365 g/mol. The molecule has 2 aromatic rings. The van der Waals surface area contributed by atoms with Gasteiger partial charge in [-0.05, 0) is 36.2 Å². The lowest BCUT2D eigenvalue weighted by Gasteiger charge is -2.25. The van der Waals surface area contributed by atoms with Gasteiger partial charge in [0.25, 0.3) is 0 Å². The van der Waals surface area contributed by atoms with Crippen LogP contribution in [0.1, 0.15) is 24.1 Å². The zero-order chi connectivity index (χ0) is 17.9. The Morgan fingerprint density at radius 2 is 1.71 bits per heavy atom. The smallest absolute Gasteiger partial charge is 0.227 e. The summed E-state index contributed by atoms with van der Waals surface area (Å²) in [6, 6.07) is 13.7. The molecule has 6 heteroatoms. The average molecular weight is 366 g/mol. The van der Waals surface area contributed by atoms with E-state index in [2.05, 4.69) is 0 Å². The molecule has 0 spiro atoms. The second kappa shape index (κ2) is 7.36. The van der Waals surface area contributed by atoms with Crippen molar-refractivity contribution >= 4 is 27.3 Å². The predicted molar refractivity (Wildman–Crippen MR) is 95.9 cm³/mol. The maximum atomic E-state index is 12.5. The highest BCUT2D eigenvalue weighted by molar-refractivity contribution is 7.90. The van der Waals surface area contributed by atoms with Crippen LogP contribution in [-0.2, 0) is 21.1 Å². The van der Waals surface area contributed by atoms with E-state index < -0.39 is 9.84 Å². The van der Waals surface area contributed by atoms with Gasteiger partial charge in [-0.25, -0.2) is 8.42 Å². The Hall–Kier alpha value is -1.85. The molecule has 1 atom stereocenters. The van der Waals surface area contributed by atoms with E-state index in [4.69, 9.17) is 11.6 Å². The number of carbonyl (C=O) groups is 1. The van der Waals surface area contributed by atoms with E-state index in [0.29, 0.717) is 5.02 Å². The highest BCUT2D eigenvalue weighted by Crippen LogP contribution is 2.23. The van der Waals surface area contributed by atoms with Crippen molar-refractivity contribution in [1.29, 1.82) is 0 Å². The van der Waals surface area contributed by atoms with Crippen LogP contribution in [0.2, 0.25) is 5.02 Å². The number of nitrogens with zero attached hydrogens (tertiary/aromatic N) is 1. The first-order valence-electron chi connectivity index (χ1n) is 7.49. The molecule has 0 bridgehead atoms. The number of halogens is 1. The molecule has 0 heterocycles. The molecule has 0 fully saturated rings. The van der Waals surface area contributed by atoms with Gasteiger partial charge in [0.05, 0.1) is 17.4 Å². The molecule has 2 aromatic carbocycles. The average Bonchev–Trinajstić information content (AvgIpc) is 2.55. The van der Waals surface area contributed by atoms with Crippen molar-refractivity contribution < 1.29 is 13.2 Å². The Kier molecular flexibility index (Phi) is 5.67. The van der Waals surface area contributed by atoms with E-state index in [1.165, 1.54) is 6.26 Å². The summed E-state index contributed by atoms with van der Waals surface area (Å²) in [4.78, 5) is 14.4. The van der Waals surface area contributed by atoms with Crippen molar-refractivity contribution in [3.63, 3.8) is 0 Å². The fraction of sp³-hybridized carbons (Fsp3) is 0.278. The molecule has 4 nitrogen and oxygen atoms in total. The molecule has 0 radical (unpaired) electrons. The topological polar surface area (TPSA) is 54.5 Å². The first-order valence-corrected chi connectivity index (χ1v) is 9.76. The lowest BCUT2D eigenvalue weighted by molar-refractivity contribution is -0.131. The van der Waals surface area contributed by atoms with Crippen molar-refractivity contribution in [2.75, 3.05) is 13.3 Å². The van der Waals surface area contributed by atoms with Crippen LogP contribution in [-0.4, -0.2) is 32.5 Å². The molecule has 0 aliphatic heterocycles. The summed E-state index contributed by atoms with van der Waals surface area (Å²) in [5.74, 6) is -0.0530. The predicted octanol–water partition coefficient (Wildman–Crippen LogP) is 3.51. The Morgan fingerprint density at radius 1 is 1.12 bits per heavy atom. The van der Waals surface area contributed by atoms with Gasteiger partial charge in [0.15, 0.2) is 9.84 Å². The van der Waals surface area contributed by atoms with Gasteiger partial charge in [-0.3, -0.25) is 4.79 Å². The van der Waals surface area contributed by atoms with Crippen LogP contribution >= 0.6 is 11.6 Å². The van der Waals surface area contributed by atoms with Crippen LogP contribution in [0.4, 0.5) is 0 Å². The Morgan fingerprint density at radius 3 is 2.25 bits per heavy atom. The van der Waals surface area contributed by atoms with Crippen molar-refractivity contribution in [1.82, 2.24) is 4.90 Å². The third kappa shape index (κ3) is 4.36. The summed E-state index contributed by atoms with van der Waals surface area (Å²) >= 11 is 6.10. The minimum Gasteiger partial charge on any atom is -0.339 e. The largest absolute Gasteiger partial charge is 0.339 e. The highest BCUT2D eigenvalue weighted by Gasteiger charge is 2.19. The summed E-state index contributed by atoms with van der Waals surface area (Å²) in [6.45, 7) is 1.90. The summed E-state index contributed by atoms with van der Waals surface area (Å²) in [5.41, 5.74) is 1.66. The number of hydrogen-bond acceptors (Lipinski definition) is 3. The van der Waals surface area contributed by atoms with Gasteiger partial charge >= 0.3 is 0 Å². The fourth-order valence-electron chi connectivity index (χ4n) is 2.36. The molecule has 0 aliphatic carbocycles. The van der Waals surface area contributed by atoms with Crippen molar-refractivity contribution in [2.24, 2.45) is 0 Å². The molecule has 0 aliphatic rings. The second-order valence-corrected chi connectivity index (χ2v) is 8.21. The molecule has 0 saturated carbocycles. The van der Waals surface area contributed by atoms with E-state index in [-0.39, 0.29) is 23.3 Å². The summed E-state index contributed by atoms with van der Waals surface area (Å²) < 4.78 is 23.0. The Labute approximate surface area is 148 Å². The summed E-state index contributed by atoms with van der Waals surface area (Å²) in [5, 5.41) is 0.574. The van der Waals surface area contributed by atoms with E-state index in [9.17, 15) is 13.2 Å². The lowest BCUT2D eigenvalue weighted by Crippen LogP contribution is -2.31. The quantitative estimate of drug-likeness (QED) is 0.814. The number of amides is 1. The standard InChI is InChI=1S/C18H20ClNO3S/c1-13(14-8-10-16(11-9-14)24(3,22)23)20(2)18(21)12-15-6-4-5-7-17(15)19/h4-11,13H,12H2,1-3H3. The van der Waals surface area contributed by atoms with Gasteiger partial charge < -0.3 is 4.90 Å². The van der Waals surface area contributed by atoms with Crippen LogP contribution in [0.3, 0.4) is 0 Å². The fourth-order valence-corrected chi connectivity index (χ4v) is 3.20. The van der Waals surface area contributed by atoms with Crippen molar-refractivity contribution in [3.8, 4) is 0 Å². The molecule has 1 amide bonds. The number of carbonyl (C=O) groups excluding carboxylic acids is 1. The molecule has 0 saturated heterocycles. The van der Waals surface area contributed by atoms with Gasteiger partial charge in [-0.2, -0.15) is 0 Å². The third-order valence-electron chi connectivity index (χ3n) is 4.06. The minimum atomic E-state index is -3.22. The number of hydrogen-bond donors (Lipinski definition) is 0. The van der Waals surface area contributed by atoms with Gasteiger partial charge in [0, 0.05) is 18.3 Å². The van der Waals surface area contributed by atoms with Crippen LogP contribution in [0, 0.1) is 0 Å². The lowest BCUT2D eigenvalue weighted by atomic mass is 10.1. The normalized spacial score (nSPS) is 12.7. The molecular weight excluding hydrogens is 346 g/mol. The highest BCUT2D eigenvalue weighted by atomic mass is 35.5. The maximum absolute atomic E-state index is 12.5. The zero-order valence-electron chi connectivity index (χ0n) is 13.9. The van der Waals surface area contributed by atoms with Crippen molar-refractivity contribution in [3.05, 3.63) is 64.7 Å². The first kappa shape index (κ1) is 18.5. The first-order chi connectivity index (χ1) is 11.2. The van der Waals surface area contributed by atoms with E-state index in [1.54, 1.807) is 42.3 Å². The summed E-state index contributed by atoms with van der Waals surface area (Å²) in [6.07, 6.45) is 1.40. The number of likely N-dealkylation sites (N-methyl/N-ethyl adjacent to an activating group) is 1. The second-order valence-electron chi connectivity index (χ2n) is 5.79. The van der Waals surface area contributed by atoms with Gasteiger partial charge in [0.2, 0.25) is 5.91 Å². The summed E-state index contributed by atoms with van der Waals surface area (Å²) in [7, 11) is -1.49.